The van der Waals surface area contributed by atoms with Crippen molar-refractivity contribution in [3.8, 4) is 0 Å². The van der Waals surface area contributed by atoms with E-state index in [0.29, 0.717) is 22.8 Å². The van der Waals surface area contributed by atoms with Crippen molar-refractivity contribution in [1.82, 2.24) is 14.9 Å². The molecule has 1 unspecified atom stereocenters. The molecule has 2 heterocycles. The summed E-state index contributed by atoms with van der Waals surface area (Å²) in [6.07, 6.45) is 7.61. The van der Waals surface area contributed by atoms with Crippen LogP contribution in [-0.2, 0) is 4.74 Å². The lowest BCUT2D eigenvalue weighted by molar-refractivity contribution is 0.00751. The fourth-order valence-electron chi connectivity index (χ4n) is 2.44. The van der Waals surface area contributed by atoms with Crippen molar-refractivity contribution in [1.29, 1.82) is 0 Å². The minimum absolute atomic E-state index is 0.126. The van der Waals surface area contributed by atoms with Crippen LogP contribution in [0.2, 0.25) is 0 Å². The van der Waals surface area contributed by atoms with Gasteiger partial charge in [0.2, 0.25) is 4.77 Å². The Morgan fingerprint density at radius 1 is 1.33 bits per heavy atom. The van der Waals surface area contributed by atoms with Crippen LogP contribution in [0.4, 0.5) is 8.78 Å². The maximum Gasteiger partial charge on any atom is 0.216 e. The Balaban J connectivity index is 1.74. The van der Waals surface area contributed by atoms with Gasteiger partial charge in [-0.3, -0.25) is 5.10 Å². The van der Waals surface area contributed by atoms with E-state index in [9.17, 15) is 8.78 Å². The number of ether oxygens (including phenoxy) is 1. The third kappa shape index (κ3) is 3.82. The summed E-state index contributed by atoms with van der Waals surface area (Å²) in [7, 11) is 0. The number of nitrogens with one attached hydrogen (secondary N) is 1. The van der Waals surface area contributed by atoms with E-state index in [1.54, 1.807) is 12.2 Å². The highest BCUT2D eigenvalue weighted by Crippen LogP contribution is 2.26. The molecule has 0 aliphatic carbocycles. The van der Waals surface area contributed by atoms with Crippen molar-refractivity contribution >= 4 is 24.5 Å². The number of hydrogen-bond acceptors (Lipinski definition) is 4. The Hall–Kier alpha value is -2.19. The molecule has 1 aliphatic heterocycles. The molecule has 1 aromatic heterocycles. The standard InChI is InChI=1S/C16H16F2N4OS/c17-12-7-6-11(10-13(12)18)4-3-8-19-22-15(20-21-16(22)24)14-5-1-2-9-23-14/h3-4,6-8,10,14H,1-2,5,9H2,(H,21,24)/b4-3+,19-8+. The minimum atomic E-state index is -0.886. The zero-order chi connectivity index (χ0) is 16.9. The second-order valence-electron chi connectivity index (χ2n) is 5.35. The van der Waals surface area contributed by atoms with Gasteiger partial charge in [-0.15, -0.1) is 0 Å². The van der Waals surface area contributed by atoms with Crippen molar-refractivity contribution in [3.63, 3.8) is 0 Å². The van der Waals surface area contributed by atoms with Crippen LogP contribution in [0.3, 0.4) is 0 Å². The first-order chi connectivity index (χ1) is 11.6. The van der Waals surface area contributed by atoms with Crippen LogP contribution in [-0.4, -0.2) is 27.7 Å². The van der Waals surface area contributed by atoms with E-state index >= 15 is 0 Å². The summed E-state index contributed by atoms with van der Waals surface area (Å²) >= 11 is 5.18. The number of hydrogen-bond donors (Lipinski definition) is 1. The van der Waals surface area contributed by atoms with E-state index < -0.39 is 11.6 Å². The molecular weight excluding hydrogens is 334 g/mol. The molecule has 1 saturated heterocycles. The number of halogens is 2. The molecule has 8 heteroatoms. The maximum absolute atomic E-state index is 13.1. The number of aromatic amines is 1. The lowest BCUT2D eigenvalue weighted by Gasteiger charge is -2.20. The molecule has 2 aromatic rings. The molecule has 0 spiro atoms. The second kappa shape index (κ2) is 7.59. The number of aromatic nitrogens is 3. The third-order valence-corrected chi connectivity index (χ3v) is 3.91. The van der Waals surface area contributed by atoms with Gasteiger partial charge in [-0.25, -0.2) is 8.78 Å². The molecule has 1 N–H and O–H groups in total. The fourth-order valence-corrected chi connectivity index (χ4v) is 2.63. The van der Waals surface area contributed by atoms with Crippen molar-refractivity contribution in [2.75, 3.05) is 6.61 Å². The van der Waals surface area contributed by atoms with Crippen molar-refractivity contribution in [2.24, 2.45) is 5.10 Å². The lowest BCUT2D eigenvalue weighted by Crippen LogP contribution is -2.15. The van der Waals surface area contributed by atoms with Gasteiger partial charge in [-0.1, -0.05) is 12.1 Å². The van der Waals surface area contributed by atoms with Gasteiger partial charge in [0.25, 0.3) is 0 Å². The smallest absolute Gasteiger partial charge is 0.216 e. The average molecular weight is 350 g/mol. The third-order valence-electron chi connectivity index (χ3n) is 3.64. The Kier molecular flexibility index (Phi) is 5.27. The highest BCUT2D eigenvalue weighted by molar-refractivity contribution is 7.71. The number of allylic oxidation sites excluding steroid dienone is 1. The lowest BCUT2D eigenvalue weighted by atomic mass is 10.1. The summed E-state index contributed by atoms with van der Waals surface area (Å²) in [4.78, 5) is 0. The Bertz CT molecular complexity index is 822. The van der Waals surface area contributed by atoms with Gasteiger partial charge >= 0.3 is 0 Å². The average Bonchev–Trinajstić information content (AvgIpc) is 2.96. The Labute approximate surface area is 142 Å². The highest BCUT2D eigenvalue weighted by Gasteiger charge is 2.21. The molecule has 0 saturated carbocycles. The van der Waals surface area contributed by atoms with Crippen LogP contribution in [0.25, 0.3) is 6.08 Å². The molecule has 1 fully saturated rings. The van der Waals surface area contributed by atoms with E-state index in [0.717, 1.165) is 31.4 Å². The van der Waals surface area contributed by atoms with E-state index in [1.165, 1.54) is 17.0 Å². The quantitative estimate of drug-likeness (QED) is 0.670. The molecule has 0 radical (unpaired) electrons. The van der Waals surface area contributed by atoms with Crippen LogP contribution in [0.15, 0.2) is 29.4 Å². The number of benzene rings is 1. The summed E-state index contributed by atoms with van der Waals surface area (Å²) in [5.41, 5.74) is 0.534. The molecule has 0 amide bonds. The zero-order valence-electron chi connectivity index (χ0n) is 12.8. The van der Waals surface area contributed by atoms with Gasteiger partial charge in [-0.2, -0.15) is 14.9 Å². The van der Waals surface area contributed by atoms with Gasteiger partial charge < -0.3 is 4.74 Å². The Morgan fingerprint density at radius 3 is 2.96 bits per heavy atom. The van der Waals surface area contributed by atoms with Crippen molar-refractivity contribution in [2.45, 2.75) is 25.4 Å². The van der Waals surface area contributed by atoms with Gasteiger partial charge in [0.05, 0.1) is 0 Å². The van der Waals surface area contributed by atoms with E-state index in [-0.39, 0.29) is 6.10 Å². The van der Waals surface area contributed by atoms with Crippen LogP contribution >= 0.6 is 12.2 Å². The minimum Gasteiger partial charge on any atom is -0.370 e. The van der Waals surface area contributed by atoms with Crippen LogP contribution in [0.5, 0.6) is 0 Å². The summed E-state index contributed by atoms with van der Waals surface area (Å²) in [5.74, 6) is -1.12. The van der Waals surface area contributed by atoms with E-state index in [2.05, 4.69) is 15.3 Å². The predicted octanol–water partition coefficient (Wildman–Crippen LogP) is 4.01. The van der Waals surface area contributed by atoms with Gasteiger partial charge in [0, 0.05) is 12.8 Å². The van der Waals surface area contributed by atoms with Gasteiger partial charge in [-0.05, 0) is 55.3 Å². The monoisotopic (exact) mass is 350 g/mol. The summed E-state index contributed by atoms with van der Waals surface area (Å²) < 4.78 is 33.6. The fraction of sp³-hybridized carbons (Fsp3) is 0.312. The zero-order valence-corrected chi connectivity index (χ0v) is 13.6. The largest absolute Gasteiger partial charge is 0.370 e. The van der Waals surface area contributed by atoms with E-state index in [1.807, 2.05) is 0 Å². The molecular formula is C16H16F2N4OS. The summed E-state index contributed by atoms with van der Waals surface area (Å²) in [6.45, 7) is 0.698. The second-order valence-corrected chi connectivity index (χ2v) is 5.74. The predicted molar refractivity (Wildman–Crippen MR) is 89.2 cm³/mol. The van der Waals surface area contributed by atoms with Crippen molar-refractivity contribution < 1.29 is 13.5 Å². The molecule has 126 valence electrons. The molecule has 1 atom stereocenters. The first kappa shape index (κ1) is 16.7. The SMILES string of the molecule is Fc1ccc(/C=C/C=N/n2c(C3CCCCO3)n[nH]c2=S)cc1F. The topological polar surface area (TPSA) is 55.2 Å². The van der Waals surface area contributed by atoms with Gasteiger partial charge in [0.1, 0.15) is 6.10 Å². The molecule has 5 nitrogen and oxygen atoms in total. The van der Waals surface area contributed by atoms with Crippen LogP contribution in [0, 0.1) is 16.4 Å². The first-order valence-corrected chi connectivity index (χ1v) is 8.01. The van der Waals surface area contributed by atoms with E-state index in [4.69, 9.17) is 17.0 Å². The molecule has 24 heavy (non-hydrogen) atoms. The summed E-state index contributed by atoms with van der Waals surface area (Å²) in [6, 6.07) is 3.68. The normalized spacial score (nSPS) is 18.7. The summed E-state index contributed by atoms with van der Waals surface area (Å²) in [5, 5.41) is 11.2. The molecule has 3 rings (SSSR count). The maximum atomic E-state index is 13.1. The first-order valence-electron chi connectivity index (χ1n) is 7.60. The molecule has 1 aromatic carbocycles. The van der Waals surface area contributed by atoms with Gasteiger partial charge in [0.15, 0.2) is 17.5 Å². The molecule has 0 bridgehead atoms. The number of nitrogens with zero attached hydrogens (tertiary/aromatic N) is 3. The number of H-pyrrole nitrogens is 1. The Morgan fingerprint density at radius 2 is 2.21 bits per heavy atom. The van der Waals surface area contributed by atoms with Crippen LogP contribution in [0.1, 0.15) is 36.8 Å². The van der Waals surface area contributed by atoms with Crippen LogP contribution < -0.4 is 0 Å². The number of rotatable bonds is 4. The van der Waals surface area contributed by atoms with Crippen molar-refractivity contribution in [3.05, 3.63) is 52.1 Å². The highest BCUT2D eigenvalue weighted by atomic mass is 32.1. The molecule has 1 aliphatic rings.